The maximum atomic E-state index is 5.91. The Kier molecular flexibility index (Phi) is 3.98. The normalized spacial score (nSPS) is 19.1. The van der Waals surface area contributed by atoms with E-state index in [2.05, 4.69) is 31.5 Å². The van der Waals surface area contributed by atoms with Gasteiger partial charge in [0.05, 0.1) is 12.6 Å². The van der Waals surface area contributed by atoms with Crippen molar-refractivity contribution in [3.05, 3.63) is 22.7 Å². The number of halogens is 1. The van der Waals surface area contributed by atoms with Gasteiger partial charge in [-0.25, -0.2) is 4.68 Å². The van der Waals surface area contributed by atoms with Crippen LogP contribution in [0.25, 0.3) is 11.4 Å². The summed E-state index contributed by atoms with van der Waals surface area (Å²) in [6.45, 7) is 1.51. The zero-order valence-electron chi connectivity index (χ0n) is 11.0. The van der Waals surface area contributed by atoms with Crippen LogP contribution < -0.4 is 5.73 Å². The summed E-state index contributed by atoms with van der Waals surface area (Å²) in [7, 11) is 0. The molecular formula is C13H16BrN5O. The van der Waals surface area contributed by atoms with Crippen molar-refractivity contribution < 1.29 is 4.74 Å². The van der Waals surface area contributed by atoms with Crippen molar-refractivity contribution in [1.82, 2.24) is 20.2 Å². The monoisotopic (exact) mass is 337 g/mol. The van der Waals surface area contributed by atoms with Crippen molar-refractivity contribution in [2.75, 3.05) is 12.3 Å². The number of aromatic nitrogens is 4. The molecule has 2 heterocycles. The minimum absolute atomic E-state index is 0.193. The van der Waals surface area contributed by atoms with Gasteiger partial charge in [-0.05, 0) is 63.8 Å². The first kappa shape index (κ1) is 13.5. The topological polar surface area (TPSA) is 78.9 Å². The second-order valence-electron chi connectivity index (χ2n) is 4.91. The van der Waals surface area contributed by atoms with E-state index in [1.54, 1.807) is 4.68 Å². The van der Waals surface area contributed by atoms with Gasteiger partial charge in [0.25, 0.3) is 0 Å². The van der Waals surface area contributed by atoms with Crippen LogP contribution in [0.15, 0.2) is 22.7 Å². The number of nitrogens with zero attached hydrogens (tertiary/aromatic N) is 4. The van der Waals surface area contributed by atoms with Crippen molar-refractivity contribution in [3.8, 4) is 11.4 Å². The fourth-order valence-electron chi connectivity index (χ4n) is 2.36. The van der Waals surface area contributed by atoms with E-state index in [-0.39, 0.29) is 6.10 Å². The average molecular weight is 338 g/mol. The SMILES string of the molecule is Nc1cc(-c2nnnn2CC2CCCCO2)ccc1Br. The van der Waals surface area contributed by atoms with Crippen LogP contribution in [0.5, 0.6) is 0 Å². The fraction of sp³-hybridized carbons (Fsp3) is 0.462. The van der Waals surface area contributed by atoms with Gasteiger partial charge < -0.3 is 10.5 Å². The molecule has 1 aliphatic rings. The van der Waals surface area contributed by atoms with Gasteiger partial charge in [-0.1, -0.05) is 0 Å². The van der Waals surface area contributed by atoms with Crippen molar-refractivity contribution >= 4 is 21.6 Å². The lowest BCUT2D eigenvalue weighted by Gasteiger charge is -2.22. The molecule has 106 valence electrons. The maximum absolute atomic E-state index is 5.91. The van der Waals surface area contributed by atoms with Crippen LogP contribution in [-0.4, -0.2) is 32.9 Å². The number of hydrogen-bond acceptors (Lipinski definition) is 5. The molecular weight excluding hydrogens is 322 g/mol. The number of hydrogen-bond donors (Lipinski definition) is 1. The molecule has 1 aromatic carbocycles. The standard InChI is InChI=1S/C13H16BrN5O/c14-11-5-4-9(7-12(11)15)13-16-17-18-19(13)8-10-3-1-2-6-20-10/h4-5,7,10H,1-3,6,8,15H2. The molecule has 3 rings (SSSR count). The highest BCUT2D eigenvalue weighted by Gasteiger charge is 2.18. The number of rotatable bonds is 3. The Hall–Kier alpha value is -1.47. The van der Waals surface area contributed by atoms with Crippen LogP contribution in [-0.2, 0) is 11.3 Å². The lowest BCUT2D eigenvalue weighted by Crippen LogP contribution is -2.25. The van der Waals surface area contributed by atoms with Crippen molar-refractivity contribution in [2.24, 2.45) is 0 Å². The molecule has 0 aliphatic carbocycles. The summed E-state index contributed by atoms with van der Waals surface area (Å²) in [5.41, 5.74) is 7.49. The minimum atomic E-state index is 0.193. The zero-order chi connectivity index (χ0) is 13.9. The number of ether oxygens (including phenoxy) is 1. The number of nitrogens with two attached hydrogens (primary N) is 1. The number of nitrogen functional groups attached to an aromatic ring is 1. The van der Waals surface area contributed by atoms with Crippen LogP contribution in [0.3, 0.4) is 0 Å². The van der Waals surface area contributed by atoms with Crippen molar-refractivity contribution in [3.63, 3.8) is 0 Å². The third kappa shape index (κ3) is 2.83. The molecule has 2 N–H and O–H groups in total. The van der Waals surface area contributed by atoms with Crippen molar-refractivity contribution in [2.45, 2.75) is 31.9 Å². The third-order valence-corrected chi connectivity index (χ3v) is 4.16. The molecule has 1 aromatic heterocycles. The molecule has 1 unspecified atom stereocenters. The lowest BCUT2D eigenvalue weighted by atomic mass is 10.1. The molecule has 0 radical (unpaired) electrons. The summed E-state index contributed by atoms with van der Waals surface area (Å²) in [5, 5.41) is 11.9. The molecule has 7 heteroatoms. The largest absolute Gasteiger partial charge is 0.398 e. The Balaban J connectivity index is 1.83. The highest BCUT2D eigenvalue weighted by Crippen LogP contribution is 2.26. The van der Waals surface area contributed by atoms with Gasteiger partial charge in [-0.2, -0.15) is 0 Å². The summed E-state index contributed by atoms with van der Waals surface area (Å²) in [6.07, 6.45) is 3.59. The van der Waals surface area contributed by atoms with Gasteiger partial charge in [0.1, 0.15) is 0 Å². The lowest BCUT2D eigenvalue weighted by molar-refractivity contribution is 0.00397. The highest BCUT2D eigenvalue weighted by atomic mass is 79.9. The molecule has 1 atom stereocenters. The van der Waals surface area contributed by atoms with Gasteiger partial charge in [-0.3, -0.25) is 0 Å². The Morgan fingerprint density at radius 2 is 2.30 bits per heavy atom. The molecule has 2 aromatic rings. The molecule has 1 fully saturated rings. The predicted molar refractivity (Wildman–Crippen MR) is 79.0 cm³/mol. The number of benzene rings is 1. The first-order chi connectivity index (χ1) is 9.74. The van der Waals surface area contributed by atoms with E-state index in [1.807, 2.05) is 18.2 Å². The van der Waals surface area contributed by atoms with Crippen LogP contribution in [0.4, 0.5) is 5.69 Å². The van der Waals surface area contributed by atoms with E-state index in [1.165, 1.54) is 6.42 Å². The van der Waals surface area contributed by atoms with Crippen molar-refractivity contribution in [1.29, 1.82) is 0 Å². The molecule has 1 saturated heterocycles. The van der Waals surface area contributed by atoms with E-state index < -0.39 is 0 Å². The molecule has 0 amide bonds. The van der Waals surface area contributed by atoms with Gasteiger partial charge >= 0.3 is 0 Å². The Morgan fingerprint density at radius 3 is 3.05 bits per heavy atom. The Morgan fingerprint density at radius 1 is 1.40 bits per heavy atom. The Bertz CT molecular complexity index is 594. The highest BCUT2D eigenvalue weighted by molar-refractivity contribution is 9.10. The van der Waals surface area contributed by atoms with E-state index in [4.69, 9.17) is 10.5 Å². The summed E-state index contributed by atoms with van der Waals surface area (Å²) in [4.78, 5) is 0. The summed E-state index contributed by atoms with van der Waals surface area (Å²) in [5.74, 6) is 0.721. The number of anilines is 1. The second-order valence-corrected chi connectivity index (χ2v) is 5.76. The molecule has 0 spiro atoms. The van der Waals surface area contributed by atoms with Gasteiger partial charge in [-0.15, -0.1) is 5.10 Å². The number of tetrazole rings is 1. The van der Waals surface area contributed by atoms with E-state index >= 15 is 0 Å². The molecule has 0 bridgehead atoms. The smallest absolute Gasteiger partial charge is 0.182 e. The predicted octanol–water partition coefficient (Wildman–Crippen LogP) is 2.25. The van der Waals surface area contributed by atoms with Crippen LogP contribution in [0, 0.1) is 0 Å². The molecule has 1 aliphatic heterocycles. The summed E-state index contributed by atoms with van der Waals surface area (Å²) < 4.78 is 8.40. The van der Waals surface area contributed by atoms with E-state index in [0.29, 0.717) is 12.2 Å². The Labute approximate surface area is 125 Å². The first-order valence-electron chi connectivity index (χ1n) is 6.67. The van der Waals surface area contributed by atoms with Crippen LogP contribution in [0.2, 0.25) is 0 Å². The van der Waals surface area contributed by atoms with Crippen LogP contribution in [0.1, 0.15) is 19.3 Å². The molecule has 6 nitrogen and oxygen atoms in total. The second kappa shape index (κ2) is 5.88. The van der Waals surface area contributed by atoms with Gasteiger partial charge in [0, 0.05) is 22.3 Å². The van der Waals surface area contributed by atoms with Crippen LogP contribution >= 0.6 is 15.9 Å². The van der Waals surface area contributed by atoms with E-state index in [0.717, 1.165) is 35.3 Å². The fourth-order valence-corrected chi connectivity index (χ4v) is 2.61. The van der Waals surface area contributed by atoms with Gasteiger partial charge in [0.2, 0.25) is 0 Å². The third-order valence-electron chi connectivity index (χ3n) is 3.44. The van der Waals surface area contributed by atoms with E-state index in [9.17, 15) is 0 Å². The average Bonchev–Trinajstić information content (AvgIpc) is 2.91. The van der Waals surface area contributed by atoms with Gasteiger partial charge in [0.15, 0.2) is 5.82 Å². The zero-order valence-corrected chi connectivity index (χ0v) is 12.6. The molecule has 20 heavy (non-hydrogen) atoms. The maximum Gasteiger partial charge on any atom is 0.182 e. The summed E-state index contributed by atoms with van der Waals surface area (Å²) >= 11 is 3.39. The summed E-state index contributed by atoms with van der Waals surface area (Å²) in [6, 6.07) is 5.72. The molecule has 0 saturated carbocycles. The first-order valence-corrected chi connectivity index (χ1v) is 7.46. The minimum Gasteiger partial charge on any atom is -0.398 e. The quantitative estimate of drug-likeness (QED) is 0.869.